The number of aromatic amines is 1. The number of H-pyrrole nitrogens is 1. The Morgan fingerprint density at radius 1 is 0.566 bits per heavy atom. The highest BCUT2D eigenvalue weighted by Crippen LogP contribution is 2.19. The van der Waals surface area contributed by atoms with Crippen LogP contribution in [0.1, 0.15) is 91.5 Å². The molecule has 0 aliphatic carbocycles. The normalized spacial score (nSPS) is 15.3. The monoisotopic (exact) mass is 1110 g/mol. The van der Waals surface area contributed by atoms with Crippen molar-refractivity contribution < 1.29 is 73.2 Å². The van der Waals surface area contributed by atoms with Crippen LogP contribution in [0.4, 0.5) is 0 Å². The summed E-state index contributed by atoms with van der Waals surface area (Å²) in [4.78, 5) is 147. The third kappa shape index (κ3) is 22.0. The number of hydrogen-bond acceptors (Lipinski definition) is 16. The van der Waals surface area contributed by atoms with Crippen LogP contribution in [0.5, 0.6) is 0 Å². The molecule has 2 rings (SSSR count). The van der Waals surface area contributed by atoms with Crippen LogP contribution in [-0.2, 0) is 59.2 Å². The summed E-state index contributed by atoms with van der Waals surface area (Å²) in [7, 11) is 0. The summed E-state index contributed by atoms with van der Waals surface area (Å²) in [6, 6.07) is -5.84. The van der Waals surface area contributed by atoms with E-state index in [1.165, 1.54) is 0 Å². The maximum Gasteiger partial charge on any atom is 0.327 e. The van der Waals surface area contributed by atoms with E-state index in [4.69, 9.17) is 11.5 Å². The van der Waals surface area contributed by atoms with Gasteiger partial charge in [-0.3, -0.25) is 47.9 Å². The summed E-state index contributed by atoms with van der Waals surface area (Å²) < 4.78 is 0. The van der Waals surface area contributed by atoms with Gasteiger partial charge in [0.1, 0.15) is 48.3 Å². The minimum absolute atomic E-state index is 0.0306. The third-order valence-corrected chi connectivity index (χ3v) is 12.6. The van der Waals surface area contributed by atoms with E-state index < -0.39 is 151 Å². The molecule has 0 radical (unpaired) electrons. The van der Waals surface area contributed by atoms with Gasteiger partial charge in [0.15, 0.2) is 0 Å². The Hall–Kier alpha value is -6.49. The van der Waals surface area contributed by atoms with Gasteiger partial charge in [0, 0.05) is 41.4 Å². The minimum Gasteiger partial charge on any atom is -0.481 e. The average molecular weight is 1110 g/mol. The van der Waals surface area contributed by atoms with E-state index in [0.717, 1.165) is 23.4 Å². The highest BCUT2D eigenvalue weighted by Gasteiger charge is 2.37. The molecular weight excluding hydrogens is 1030 g/mol. The predicted molar refractivity (Wildman–Crippen MR) is 283 cm³/mol. The number of aliphatic carboxylic acids is 3. The number of fused-ring (bicyclic) bond motifs is 1. The maximum atomic E-state index is 13.9. The fraction of sp³-hybridized carbons (Fsp3) is 0.604. The largest absolute Gasteiger partial charge is 0.481 e. The zero-order valence-corrected chi connectivity index (χ0v) is 44.9. The summed E-state index contributed by atoms with van der Waals surface area (Å²) in [6.07, 6.45) is -1.39. The summed E-state index contributed by atoms with van der Waals surface area (Å²) >= 11 is 8.16. The van der Waals surface area contributed by atoms with Gasteiger partial charge < -0.3 is 79.4 Å². The van der Waals surface area contributed by atoms with E-state index in [0.29, 0.717) is 12.8 Å². The smallest absolute Gasteiger partial charge is 0.327 e. The van der Waals surface area contributed by atoms with Gasteiger partial charge in [-0.15, -0.1) is 0 Å². The summed E-state index contributed by atoms with van der Waals surface area (Å²) in [6.45, 7) is 7.92. The zero-order valence-electron chi connectivity index (χ0n) is 43.1. The quantitative estimate of drug-likeness (QED) is 0.0257. The number of para-hydroxylation sites is 1. The molecule has 8 amide bonds. The fourth-order valence-electron chi connectivity index (χ4n) is 7.61. The van der Waals surface area contributed by atoms with Crippen molar-refractivity contribution in [3.8, 4) is 0 Å². The topological polar surface area (TPSA) is 433 Å². The number of nitrogens with one attached hydrogen (secondary N) is 9. The van der Waals surface area contributed by atoms with E-state index in [-0.39, 0.29) is 49.7 Å². The molecular formula is C48H75N11O15S2. The van der Waals surface area contributed by atoms with E-state index in [1.54, 1.807) is 33.9 Å². The number of aliphatic hydroxyl groups excluding tert-OH is 1. The van der Waals surface area contributed by atoms with E-state index in [1.807, 2.05) is 24.3 Å². The summed E-state index contributed by atoms with van der Waals surface area (Å²) in [5.41, 5.74) is 13.4. The molecule has 76 heavy (non-hydrogen) atoms. The van der Waals surface area contributed by atoms with Crippen molar-refractivity contribution in [3.05, 3.63) is 36.0 Å². The first-order valence-electron chi connectivity index (χ1n) is 24.7. The van der Waals surface area contributed by atoms with Gasteiger partial charge in [-0.2, -0.15) is 25.3 Å². The van der Waals surface area contributed by atoms with Gasteiger partial charge in [-0.25, -0.2) is 4.79 Å². The molecule has 1 heterocycles. The Bertz CT molecular complexity index is 2340. The summed E-state index contributed by atoms with van der Waals surface area (Å²) in [5.74, 6) is -13.3. The second-order valence-electron chi connectivity index (χ2n) is 19.0. The molecule has 28 heteroatoms. The number of nitrogens with two attached hydrogens (primary N) is 2. The molecule has 1 aromatic heterocycles. The highest BCUT2D eigenvalue weighted by molar-refractivity contribution is 7.80. The first kappa shape index (κ1) is 65.6. The van der Waals surface area contributed by atoms with Crippen LogP contribution in [0.25, 0.3) is 10.9 Å². The number of aromatic nitrogens is 1. The van der Waals surface area contributed by atoms with Gasteiger partial charge in [0.25, 0.3) is 0 Å². The highest BCUT2D eigenvalue weighted by atomic mass is 32.1. The molecule has 0 fully saturated rings. The van der Waals surface area contributed by atoms with Crippen LogP contribution >= 0.6 is 25.3 Å². The number of thiol groups is 2. The van der Waals surface area contributed by atoms with Crippen LogP contribution in [0.3, 0.4) is 0 Å². The van der Waals surface area contributed by atoms with Crippen LogP contribution < -0.4 is 54.0 Å². The van der Waals surface area contributed by atoms with Crippen LogP contribution in [0.2, 0.25) is 0 Å². The Kier molecular flexibility index (Phi) is 28.4. The summed E-state index contributed by atoms with van der Waals surface area (Å²) in [5, 5.41) is 59.3. The van der Waals surface area contributed by atoms with Crippen molar-refractivity contribution in [3.63, 3.8) is 0 Å². The number of carboxylic acid groups (broad SMARTS) is 3. The lowest BCUT2D eigenvalue weighted by Gasteiger charge is -2.29. The number of carbonyl (C=O) groups is 11. The first-order valence-corrected chi connectivity index (χ1v) is 26.0. The molecule has 0 bridgehead atoms. The Labute approximate surface area is 450 Å². The number of aliphatic hydroxyl groups is 1. The van der Waals surface area contributed by atoms with Gasteiger partial charge in [0.2, 0.25) is 47.3 Å². The van der Waals surface area contributed by atoms with Gasteiger partial charge in [-0.1, -0.05) is 45.9 Å². The second kappa shape index (κ2) is 32.8. The number of rotatable bonds is 35. The second-order valence-corrected chi connectivity index (χ2v) is 19.7. The van der Waals surface area contributed by atoms with E-state index in [2.05, 4.69) is 72.8 Å². The standard InChI is InChI=1S/C48H75N11O15S2/c1-23(2)18-33(44(69)59-39(25(5)60)47(72)54-31(13-15-36(61)62)42(67)53-30(12-8-9-17-49)41(66)57-35(22-76)48(73)74)55-45(70)34(21-75)56-46(71)38(24(3)4)58-43(68)32(14-16-37(63)64)52-40(65)28(50)19-26-20-51-29-11-7-6-10-27(26)29/h6-7,10-11,20,23-25,28,30-35,38-39,51,60,75-76H,8-9,12-19,21-22,49-50H2,1-5H3,(H,52,65)(H,53,67)(H,54,72)(H,55,70)(H,56,71)(H,57,66)(H,58,68)(H,59,69)(H,61,62)(H,63,64)(H,73,74)/t25-,28+,30+,31+,32+,33+,34+,35+,38+,39+/m1/s1. The minimum atomic E-state index is -1.83. The predicted octanol–water partition coefficient (Wildman–Crippen LogP) is -2.20. The number of benzene rings is 1. The number of carboxylic acids is 3. The lowest BCUT2D eigenvalue weighted by atomic mass is 10.0. The molecule has 0 saturated heterocycles. The van der Waals surface area contributed by atoms with Crippen molar-refractivity contribution in [1.29, 1.82) is 0 Å². The molecule has 26 nitrogen and oxygen atoms in total. The van der Waals surface area contributed by atoms with Crippen LogP contribution in [0.15, 0.2) is 30.5 Å². The first-order chi connectivity index (χ1) is 35.7. The number of hydrogen-bond donors (Lipinski definition) is 17. The molecule has 0 unspecified atom stereocenters. The third-order valence-electron chi connectivity index (χ3n) is 11.9. The Morgan fingerprint density at radius 3 is 1.53 bits per heavy atom. The molecule has 17 N–H and O–H groups in total. The molecule has 0 spiro atoms. The molecule has 424 valence electrons. The van der Waals surface area contributed by atoms with Crippen molar-refractivity contribution in [2.24, 2.45) is 23.3 Å². The van der Waals surface area contributed by atoms with E-state index >= 15 is 0 Å². The number of amides is 8. The molecule has 0 saturated carbocycles. The molecule has 0 aliphatic heterocycles. The van der Waals surface area contributed by atoms with Crippen molar-refractivity contribution >= 4 is 101 Å². The average Bonchev–Trinajstić information content (AvgIpc) is 3.76. The fourth-order valence-corrected chi connectivity index (χ4v) is 8.12. The molecule has 1 aromatic carbocycles. The lowest BCUT2D eigenvalue weighted by Crippen LogP contribution is -2.62. The number of unbranched alkanes of at least 4 members (excludes halogenated alkanes) is 1. The van der Waals surface area contributed by atoms with Crippen LogP contribution in [-0.4, -0.2) is 169 Å². The Balaban J connectivity index is 2.27. The Morgan fingerprint density at radius 2 is 1.01 bits per heavy atom. The van der Waals surface area contributed by atoms with Crippen molar-refractivity contribution in [1.82, 2.24) is 47.5 Å². The zero-order chi connectivity index (χ0) is 57.4. The van der Waals surface area contributed by atoms with Crippen molar-refractivity contribution in [2.75, 3.05) is 18.1 Å². The van der Waals surface area contributed by atoms with Gasteiger partial charge >= 0.3 is 17.9 Å². The SMILES string of the molecule is CC(C)C[C@H](NC(=O)[C@H](CS)NC(=O)[C@@H](NC(=O)[C@H](CCC(=O)O)NC(=O)[C@@H](N)Cc1c[nH]c2ccccc12)C(C)C)C(=O)N[C@H](C(=O)N[C@@H](CCC(=O)O)C(=O)N[C@@H](CCCCN)C(=O)N[C@@H](CS)C(=O)O)[C@@H](C)O. The maximum absolute atomic E-state index is 13.9. The van der Waals surface area contributed by atoms with E-state index in [9.17, 15) is 73.2 Å². The number of carbonyl (C=O) groups excluding carboxylic acids is 8. The van der Waals surface area contributed by atoms with Crippen molar-refractivity contribution in [2.45, 2.75) is 153 Å². The van der Waals surface area contributed by atoms with Crippen LogP contribution in [0, 0.1) is 11.8 Å². The lowest BCUT2D eigenvalue weighted by molar-refractivity contribution is -0.142. The van der Waals surface area contributed by atoms with Gasteiger partial charge in [0.05, 0.1) is 12.1 Å². The molecule has 0 aliphatic rings. The molecule has 10 atom stereocenters. The van der Waals surface area contributed by atoms with Gasteiger partial charge in [-0.05, 0) is 81.9 Å². The molecule has 2 aromatic rings.